The Labute approximate surface area is 40.1 Å². The lowest BCUT2D eigenvalue weighted by molar-refractivity contribution is -1.93. The lowest BCUT2D eigenvalue weighted by Gasteiger charge is -2.09. The van der Waals surface area contributed by atoms with Crippen LogP contribution in [-0.2, 0) is 9.48 Å². The van der Waals surface area contributed by atoms with Gasteiger partial charge in [0.15, 0.2) is 0 Å². The number of hydrogen-bond donors (Lipinski definition) is 0. The summed E-state index contributed by atoms with van der Waals surface area (Å²) < 4.78 is 29.9. The maximum Gasteiger partial charge on any atom is 0.255 e. The van der Waals surface area contributed by atoms with Crippen LogP contribution < -0.4 is 19.2 Å². The van der Waals surface area contributed by atoms with E-state index in [1.807, 2.05) is 0 Å². The molecule has 0 bridgehead atoms. The van der Waals surface area contributed by atoms with Crippen LogP contribution in [0.2, 0.25) is 0 Å². The summed E-state index contributed by atoms with van der Waals surface area (Å²) in [4.78, 5) is 0. The molecule has 6 nitrogen and oxygen atoms in total. The van der Waals surface area contributed by atoms with Gasteiger partial charge in [-0.15, -0.1) is 0 Å². The van der Waals surface area contributed by atoms with Gasteiger partial charge in [0, 0.05) is 0 Å². The fraction of sp³-hybridized carbons (Fsp3) is 0. The van der Waals surface area contributed by atoms with Gasteiger partial charge in [-0.2, -0.15) is 19.0 Å². The summed E-state index contributed by atoms with van der Waals surface area (Å²) >= 11 is 0. The average molecular weight is 131 g/mol. The average Bonchev–Trinajstić information content (AvgIpc) is 1.30. The van der Waals surface area contributed by atoms with E-state index in [2.05, 4.69) is 9.48 Å². The molecule has 0 aliphatic heterocycles. The van der Waals surface area contributed by atoms with Gasteiger partial charge in [-0.05, 0) is 0 Å². The summed E-state index contributed by atoms with van der Waals surface area (Å²) in [6.45, 7) is 0. The normalized spacial score (nSPS) is 12.0. The van der Waals surface area contributed by atoms with Gasteiger partial charge in [0.1, 0.15) is 10.2 Å². The van der Waals surface area contributed by atoms with Crippen LogP contribution in [0.5, 0.6) is 0 Å². The van der Waals surface area contributed by atoms with Crippen molar-refractivity contribution in [3.8, 4) is 0 Å². The smallest absolute Gasteiger partial charge is 0.255 e. The lowest BCUT2D eigenvalue weighted by atomic mass is 14.6. The van der Waals surface area contributed by atoms with Gasteiger partial charge in [-0.3, -0.25) is 0 Å². The largest absolute Gasteiger partial charge is 0.680 e. The van der Waals surface area contributed by atoms with Crippen molar-refractivity contribution in [2.45, 2.75) is 0 Å². The Morgan fingerprint density at radius 1 is 1.14 bits per heavy atom. The Kier molecular flexibility index (Phi) is 2.40. The summed E-state index contributed by atoms with van der Waals surface area (Å²) in [5.74, 6) is 0. The van der Waals surface area contributed by atoms with Gasteiger partial charge in [-0.1, -0.05) is 0 Å². The molecule has 0 amide bonds. The molecule has 7 heavy (non-hydrogen) atoms. The van der Waals surface area contributed by atoms with E-state index in [1.165, 1.54) is 0 Å². The lowest BCUT2D eigenvalue weighted by Crippen LogP contribution is -2.61. The van der Waals surface area contributed by atoms with Gasteiger partial charge in [-0.25, -0.2) is 0 Å². The maximum atomic E-state index is 9.10. The van der Waals surface area contributed by atoms with Crippen molar-refractivity contribution < 1.29 is 39.0 Å². The zero-order chi connectivity index (χ0) is 5.91. The van der Waals surface area contributed by atoms with Crippen molar-refractivity contribution in [1.82, 2.24) is 0 Å². The van der Waals surface area contributed by atoms with Crippen LogP contribution in [0, 0.1) is 10.2 Å². The Morgan fingerprint density at radius 3 is 1.57 bits per heavy atom. The van der Waals surface area contributed by atoms with Crippen LogP contribution in [0.25, 0.3) is 0 Å². The first-order valence-electron chi connectivity index (χ1n) is 0.951. The molecule has 0 aliphatic carbocycles. The molecule has 0 radical (unpaired) electrons. The van der Waals surface area contributed by atoms with Crippen LogP contribution in [0.3, 0.4) is 0 Å². The SMILES string of the molecule is [O-]OO[Cl+3]([O-])([O-])[O-]. The standard InChI is InChI=1S/ClHO6/c2-1(3,4)6-7-5/h5H/p-1. The molecule has 7 heteroatoms. The van der Waals surface area contributed by atoms with Crippen LogP contribution in [-0.4, -0.2) is 0 Å². The molecule has 0 aromatic heterocycles. The molecule has 0 fully saturated rings. The zero-order valence-electron chi connectivity index (χ0n) is 2.83. The third-order valence-corrected chi connectivity index (χ3v) is 0.309. The minimum absolute atomic E-state index is 2.24. The Balaban J connectivity index is 3.15. The molecule has 0 aliphatic rings. The Morgan fingerprint density at radius 2 is 1.57 bits per heavy atom. The van der Waals surface area contributed by atoms with E-state index in [9.17, 15) is 0 Å². The molecule has 0 aromatic rings. The minimum Gasteiger partial charge on any atom is -0.680 e. The quantitative estimate of drug-likeness (QED) is 0.274. The van der Waals surface area contributed by atoms with Crippen LogP contribution in [0.15, 0.2) is 0 Å². The first-order valence-corrected chi connectivity index (χ1v) is 2.18. The zero-order valence-corrected chi connectivity index (χ0v) is 3.58. The predicted octanol–water partition coefficient (Wildman–Crippen LogP) is -4.89. The third-order valence-electron chi connectivity index (χ3n) is 0.103. The highest BCUT2D eigenvalue weighted by Crippen LogP contribution is 1.81. The number of halogens is 1. The monoisotopic (exact) mass is 131 g/mol. The highest BCUT2D eigenvalue weighted by Gasteiger charge is 2.14. The highest BCUT2D eigenvalue weighted by molar-refractivity contribution is 2.63. The van der Waals surface area contributed by atoms with Crippen molar-refractivity contribution >= 4 is 0 Å². The second kappa shape index (κ2) is 2.38. The fourth-order valence-corrected chi connectivity index (χ4v) is 0.0945. The van der Waals surface area contributed by atoms with E-state index >= 15 is 0 Å². The molecule has 0 aromatic carbocycles. The highest BCUT2D eigenvalue weighted by atomic mass is 35.7. The minimum atomic E-state index is -4.72. The fourth-order valence-electron chi connectivity index (χ4n) is 0.0315. The van der Waals surface area contributed by atoms with Crippen molar-refractivity contribution in [2.24, 2.45) is 0 Å². The first kappa shape index (κ1) is 7.05. The molecular weight excluding hydrogens is 131 g/mol. The van der Waals surface area contributed by atoms with E-state index in [1.54, 1.807) is 0 Å². The third kappa shape index (κ3) is 6.05. The van der Waals surface area contributed by atoms with Gasteiger partial charge >= 0.3 is 0 Å². The Bertz CT molecular complexity index is 42.6. The molecule has 0 rings (SSSR count). The predicted molar refractivity (Wildman–Crippen MR) is 2.17 cm³/mol. The van der Waals surface area contributed by atoms with Gasteiger partial charge in [0.25, 0.3) is 4.44 Å². The van der Waals surface area contributed by atoms with Crippen LogP contribution in [0.4, 0.5) is 0 Å². The molecular formula is ClO6-. The Hall–Kier alpha value is 0.0500. The van der Waals surface area contributed by atoms with Crippen molar-refractivity contribution in [1.29, 1.82) is 0 Å². The topological polar surface area (TPSA) is 111 Å². The molecule has 0 heterocycles. The molecule has 0 saturated heterocycles. The molecule has 0 atom stereocenters. The molecule has 44 valence electrons. The second-order valence-electron chi connectivity index (χ2n) is 0.509. The summed E-state index contributed by atoms with van der Waals surface area (Å²) in [6, 6.07) is 0. The van der Waals surface area contributed by atoms with Crippen LogP contribution >= 0.6 is 0 Å². The molecule has 0 unspecified atom stereocenters. The van der Waals surface area contributed by atoms with Gasteiger partial charge in [0.05, 0.1) is 0 Å². The second-order valence-corrected chi connectivity index (χ2v) is 1.39. The van der Waals surface area contributed by atoms with E-state index in [4.69, 9.17) is 19.2 Å². The summed E-state index contributed by atoms with van der Waals surface area (Å²) in [7, 11) is -4.72. The van der Waals surface area contributed by atoms with E-state index < -0.39 is 10.2 Å². The maximum absolute atomic E-state index is 9.10. The van der Waals surface area contributed by atoms with Gasteiger partial charge < -0.3 is 5.26 Å². The van der Waals surface area contributed by atoms with Gasteiger partial charge in [0.2, 0.25) is 0 Å². The van der Waals surface area contributed by atoms with E-state index in [0.29, 0.717) is 0 Å². The summed E-state index contributed by atoms with van der Waals surface area (Å²) in [6.07, 6.45) is 0. The summed E-state index contributed by atoms with van der Waals surface area (Å²) in [5, 5.41) is 10.9. The molecule has 0 spiro atoms. The summed E-state index contributed by atoms with van der Waals surface area (Å²) in [5.41, 5.74) is 0. The van der Waals surface area contributed by atoms with Crippen molar-refractivity contribution in [3.63, 3.8) is 0 Å². The van der Waals surface area contributed by atoms with Crippen molar-refractivity contribution in [2.75, 3.05) is 0 Å². The number of hydrogen-bond acceptors (Lipinski definition) is 6. The van der Waals surface area contributed by atoms with E-state index in [-0.39, 0.29) is 0 Å². The molecule has 0 N–H and O–H groups in total. The van der Waals surface area contributed by atoms with E-state index in [0.717, 1.165) is 0 Å². The first-order chi connectivity index (χ1) is 3.06. The van der Waals surface area contributed by atoms with Crippen molar-refractivity contribution in [3.05, 3.63) is 0 Å². The van der Waals surface area contributed by atoms with Crippen LogP contribution in [0.1, 0.15) is 0 Å². The molecule has 0 saturated carbocycles. The number of rotatable bonds is 2.